The maximum absolute atomic E-state index is 5.42. The molecule has 1 aliphatic rings. The summed E-state index contributed by atoms with van der Waals surface area (Å²) >= 11 is 0. The highest BCUT2D eigenvalue weighted by Crippen LogP contribution is 2.52. The van der Waals surface area contributed by atoms with Gasteiger partial charge in [0.15, 0.2) is 0 Å². The van der Waals surface area contributed by atoms with E-state index in [1.54, 1.807) is 0 Å². The van der Waals surface area contributed by atoms with E-state index in [0.29, 0.717) is 5.95 Å². The molecule has 0 saturated carbocycles. The molecule has 0 atom stereocenters. The van der Waals surface area contributed by atoms with Gasteiger partial charge >= 0.3 is 0 Å². The fraction of sp³-hybridized carbons (Fsp3) is 0.0612. The normalized spacial score (nSPS) is 13.3. The van der Waals surface area contributed by atoms with Gasteiger partial charge in [0.25, 0.3) is 0 Å². The molecule has 0 fully saturated rings. The molecule has 11 rings (SSSR count). The van der Waals surface area contributed by atoms with Crippen LogP contribution in [0.5, 0.6) is 0 Å². The highest BCUT2D eigenvalue weighted by molar-refractivity contribution is 6.17. The molecule has 0 spiro atoms. The number of aromatic nitrogens is 3. The summed E-state index contributed by atoms with van der Waals surface area (Å²) < 4.78 is 2.31. The Hall–Kier alpha value is -6.58. The number of hydrogen-bond acceptors (Lipinski definition) is 2. The lowest BCUT2D eigenvalue weighted by molar-refractivity contribution is 0.661. The van der Waals surface area contributed by atoms with Crippen LogP contribution in [0, 0.1) is 0 Å². The first-order valence-corrected chi connectivity index (χ1v) is 18.0. The van der Waals surface area contributed by atoms with Crippen molar-refractivity contribution in [2.24, 2.45) is 0 Å². The Morgan fingerprint density at radius 1 is 0.462 bits per heavy atom. The van der Waals surface area contributed by atoms with Gasteiger partial charge < -0.3 is 0 Å². The fourth-order valence-electron chi connectivity index (χ4n) is 8.85. The summed E-state index contributed by atoms with van der Waals surface area (Å²) in [4.78, 5) is 10.7. The van der Waals surface area contributed by atoms with E-state index in [1.807, 2.05) is 0 Å². The summed E-state index contributed by atoms with van der Waals surface area (Å²) in [5.41, 5.74) is 12.8. The highest BCUT2D eigenvalue weighted by Gasteiger charge is 2.36. The maximum Gasteiger partial charge on any atom is 0.235 e. The van der Waals surface area contributed by atoms with Crippen LogP contribution in [0.3, 0.4) is 0 Å². The van der Waals surface area contributed by atoms with Crippen molar-refractivity contribution in [1.29, 1.82) is 0 Å². The van der Waals surface area contributed by atoms with Crippen molar-refractivity contribution in [2.45, 2.75) is 19.3 Å². The monoisotopic (exact) mass is 663 g/mol. The number of rotatable bonds is 3. The number of fused-ring (bicyclic) bond motifs is 10. The van der Waals surface area contributed by atoms with Gasteiger partial charge in [0.1, 0.15) is 0 Å². The Bertz CT molecular complexity index is 3100. The summed E-state index contributed by atoms with van der Waals surface area (Å²) in [5, 5.41) is 8.41. The van der Waals surface area contributed by atoms with Crippen LogP contribution in [0.2, 0.25) is 0 Å². The zero-order valence-electron chi connectivity index (χ0n) is 28.9. The van der Waals surface area contributed by atoms with Gasteiger partial charge in [-0.15, -0.1) is 0 Å². The van der Waals surface area contributed by atoms with Gasteiger partial charge in [0, 0.05) is 32.7 Å². The first kappa shape index (κ1) is 29.2. The van der Waals surface area contributed by atoms with E-state index in [4.69, 9.17) is 9.97 Å². The van der Waals surface area contributed by atoms with Gasteiger partial charge in [0.2, 0.25) is 5.95 Å². The highest BCUT2D eigenvalue weighted by atomic mass is 15.2. The topological polar surface area (TPSA) is 30.7 Å². The van der Waals surface area contributed by atoms with Crippen LogP contribution in [0.25, 0.3) is 93.7 Å². The Balaban J connectivity index is 1.23. The molecule has 244 valence electrons. The predicted octanol–water partition coefficient (Wildman–Crippen LogP) is 12.7. The van der Waals surface area contributed by atoms with Crippen molar-refractivity contribution in [2.75, 3.05) is 0 Å². The molecule has 0 saturated heterocycles. The molecule has 0 aliphatic heterocycles. The number of nitrogens with zero attached hydrogens (tertiary/aromatic N) is 3. The van der Waals surface area contributed by atoms with E-state index in [1.165, 1.54) is 60.1 Å². The summed E-state index contributed by atoms with van der Waals surface area (Å²) in [6.45, 7) is 4.74. The lowest BCUT2D eigenvalue weighted by atomic mass is 9.81. The van der Waals surface area contributed by atoms with Gasteiger partial charge in [-0.1, -0.05) is 153 Å². The summed E-state index contributed by atoms with van der Waals surface area (Å²) in [6, 6.07) is 59.3. The fourth-order valence-corrected chi connectivity index (χ4v) is 8.85. The average molecular weight is 664 g/mol. The van der Waals surface area contributed by atoms with E-state index in [2.05, 4.69) is 182 Å². The summed E-state index contributed by atoms with van der Waals surface area (Å²) in [7, 11) is 0. The molecule has 52 heavy (non-hydrogen) atoms. The van der Waals surface area contributed by atoms with Crippen molar-refractivity contribution < 1.29 is 0 Å². The van der Waals surface area contributed by atoms with Crippen LogP contribution in [0.4, 0.5) is 0 Å². The Morgan fingerprint density at radius 2 is 1.17 bits per heavy atom. The smallest absolute Gasteiger partial charge is 0.235 e. The molecule has 0 N–H and O–H groups in total. The molecule has 8 aromatic carbocycles. The van der Waals surface area contributed by atoms with E-state index >= 15 is 0 Å². The van der Waals surface area contributed by atoms with Crippen molar-refractivity contribution in [1.82, 2.24) is 14.5 Å². The number of hydrogen-bond donors (Lipinski definition) is 0. The second-order valence-electron chi connectivity index (χ2n) is 14.6. The molecule has 10 aromatic rings. The molecule has 0 bridgehead atoms. The average Bonchev–Trinajstić information content (AvgIpc) is 3.64. The maximum atomic E-state index is 5.42. The summed E-state index contributed by atoms with van der Waals surface area (Å²) in [6.07, 6.45) is 0. The molecule has 3 heteroatoms. The lowest BCUT2D eigenvalue weighted by Gasteiger charge is -2.22. The summed E-state index contributed by atoms with van der Waals surface area (Å²) in [5.74, 6) is 0.667. The van der Waals surface area contributed by atoms with Crippen LogP contribution >= 0.6 is 0 Å². The second-order valence-corrected chi connectivity index (χ2v) is 14.6. The molecule has 0 amide bonds. The largest absolute Gasteiger partial charge is 0.277 e. The third-order valence-corrected chi connectivity index (χ3v) is 11.4. The van der Waals surface area contributed by atoms with Crippen LogP contribution in [0.1, 0.15) is 25.0 Å². The van der Waals surface area contributed by atoms with Crippen molar-refractivity contribution >= 4 is 54.3 Å². The van der Waals surface area contributed by atoms with Gasteiger partial charge in [-0.3, -0.25) is 4.57 Å². The quantitative estimate of drug-likeness (QED) is 0.188. The third-order valence-electron chi connectivity index (χ3n) is 11.4. The van der Waals surface area contributed by atoms with Gasteiger partial charge in [0.05, 0.1) is 22.2 Å². The Kier molecular flexibility index (Phi) is 6.01. The minimum atomic E-state index is -0.144. The van der Waals surface area contributed by atoms with Crippen molar-refractivity contribution in [3.8, 4) is 39.5 Å². The molecule has 0 radical (unpaired) electrons. The SMILES string of the molecule is CC1(C)c2cc(-c3cccc4c5cc6ccccc6cc5n(-c5nc(-c6ccccc6)c6ccccc6n5)c34)ccc2-c2c1ccc1ccccc21. The van der Waals surface area contributed by atoms with Crippen molar-refractivity contribution in [3.63, 3.8) is 0 Å². The van der Waals surface area contributed by atoms with Crippen LogP contribution < -0.4 is 0 Å². The molecule has 2 aromatic heterocycles. The zero-order chi connectivity index (χ0) is 34.6. The third kappa shape index (κ3) is 4.08. The van der Waals surface area contributed by atoms with E-state index in [9.17, 15) is 0 Å². The zero-order valence-corrected chi connectivity index (χ0v) is 28.9. The van der Waals surface area contributed by atoms with E-state index in [0.717, 1.165) is 38.8 Å². The van der Waals surface area contributed by atoms with Gasteiger partial charge in [-0.2, -0.15) is 0 Å². The van der Waals surface area contributed by atoms with E-state index < -0.39 is 0 Å². The molecule has 1 aliphatic carbocycles. The Morgan fingerprint density at radius 3 is 2.02 bits per heavy atom. The van der Waals surface area contributed by atoms with Crippen LogP contribution in [0.15, 0.2) is 164 Å². The van der Waals surface area contributed by atoms with Gasteiger partial charge in [-0.25, -0.2) is 9.97 Å². The predicted molar refractivity (Wildman–Crippen MR) is 217 cm³/mol. The Labute approximate surface area is 301 Å². The minimum absolute atomic E-state index is 0.144. The van der Waals surface area contributed by atoms with E-state index in [-0.39, 0.29) is 5.41 Å². The van der Waals surface area contributed by atoms with Crippen molar-refractivity contribution in [3.05, 3.63) is 175 Å². The number of benzene rings is 8. The standard InChI is InChI=1S/C49H33N3/c1-49(2)41-26-24-30-13-8-9-18-35(30)45(41)38-25-23-34(28-42(38)49)36-20-12-21-37-40-27-32-16-6-7-17-33(32)29-44(40)52(47(36)37)48-50-43-22-11-10-19-39(43)46(51-48)31-14-4-3-5-15-31/h3-29H,1-2H3. The van der Waals surface area contributed by atoms with Crippen LogP contribution in [-0.2, 0) is 5.41 Å². The number of para-hydroxylation sites is 2. The molecule has 2 heterocycles. The molecule has 3 nitrogen and oxygen atoms in total. The first-order chi connectivity index (χ1) is 25.5. The lowest BCUT2D eigenvalue weighted by Crippen LogP contribution is -2.15. The molecular formula is C49H33N3. The van der Waals surface area contributed by atoms with Gasteiger partial charge in [-0.05, 0) is 73.6 Å². The minimum Gasteiger partial charge on any atom is -0.277 e. The second kappa shape index (κ2) is 10.7. The van der Waals surface area contributed by atoms with Crippen LogP contribution in [-0.4, -0.2) is 14.5 Å². The molecule has 0 unspecified atom stereocenters. The molecular weight excluding hydrogens is 631 g/mol. The first-order valence-electron chi connectivity index (χ1n) is 18.0.